The van der Waals surface area contributed by atoms with Crippen LogP contribution in [0.15, 0.2) is 47.4 Å². The third kappa shape index (κ3) is 4.46. The molecule has 2 bridgehead atoms. The monoisotopic (exact) mass is 466 g/mol. The van der Waals surface area contributed by atoms with Gasteiger partial charge in [0.25, 0.3) is 10.0 Å². The van der Waals surface area contributed by atoms with Crippen LogP contribution in [0.1, 0.15) is 31.2 Å². The van der Waals surface area contributed by atoms with Crippen molar-refractivity contribution in [2.75, 3.05) is 10.8 Å². The topological polar surface area (TPSA) is 66.5 Å². The molecule has 8 heteroatoms. The highest BCUT2D eigenvalue weighted by Crippen LogP contribution is 2.44. The van der Waals surface area contributed by atoms with E-state index in [2.05, 4.69) is 5.32 Å². The van der Waals surface area contributed by atoms with Crippen LogP contribution in [0.5, 0.6) is 0 Å². The molecule has 1 amide bonds. The molecular formula is C22H24Cl2N2O3S. The van der Waals surface area contributed by atoms with Crippen molar-refractivity contribution in [2.24, 2.45) is 11.8 Å². The molecule has 0 aromatic heterocycles. The average Bonchev–Trinajstić information content (AvgIpc) is 3.28. The molecule has 0 spiro atoms. The summed E-state index contributed by atoms with van der Waals surface area (Å²) in [4.78, 5) is 13.0. The first-order valence-corrected chi connectivity index (χ1v) is 12.3. The predicted molar refractivity (Wildman–Crippen MR) is 120 cm³/mol. The fourth-order valence-corrected chi connectivity index (χ4v) is 6.56. The van der Waals surface area contributed by atoms with Gasteiger partial charge in [0.05, 0.1) is 10.6 Å². The zero-order valence-electron chi connectivity index (χ0n) is 16.6. The van der Waals surface area contributed by atoms with Crippen molar-refractivity contribution in [2.45, 2.75) is 43.5 Å². The number of rotatable bonds is 6. The van der Waals surface area contributed by atoms with Crippen LogP contribution in [0.2, 0.25) is 10.0 Å². The molecule has 0 saturated heterocycles. The van der Waals surface area contributed by atoms with Gasteiger partial charge in [0.2, 0.25) is 5.91 Å². The van der Waals surface area contributed by atoms with Crippen LogP contribution in [0, 0.1) is 18.8 Å². The zero-order valence-corrected chi connectivity index (χ0v) is 19.0. The molecule has 2 aromatic rings. The summed E-state index contributed by atoms with van der Waals surface area (Å²) in [6, 6.07) is 11.2. The quantitative estimate of drug-likeness (QED) is 0.664. The molecule has 2 fully saturated rings. The lowest BCUT2D eigenvalue weighted by atomic mass is 9.95. The number of fused-ring (bicyclic) bond motifs is 2. The smallest absolute Gasteiger partial charge is 0.264 e. The maximum Gasteiger partial charge on any atom is 0.264 e. The minimum atomic E-state index is -3.99. The number of hydrogen-bond acceptors (Lipinski definition) is 3. The van der Waals surface area contributed by atoms with E-state index in [0.29, 0.717) is 21.9 Å². The van der Waals surface area contributed by atoms with Crippen LogP contribution in [0.3, 0.4) is 0 Å². The van der Waals surface area contributed by atoms with Crippen LogP contribution < -0.4 is 9.62 Å². The van der Waals surface area contributed by atoms with Gasteiger partial charge in [-0.15, -0.1) is 0 Å². The summed E-state index contributed by atoms with van der Waals surface area (Å²) in [5.74, 6) is 0.862. The highest BCUT2D eigenvalue weighted by atomic mass is 35.5. The van der Waals surface area contributed by atoms with Gasteiger partial charge in [0, 0.05) is 16.1 Å². The Morgan fingerprint density at radius 1 is 1.07 bits per heavy atom. The van der Waals surface area contributed by atoms with Crippen molar-refractivity contribution in [1.29, 1.82) is 0 Å². The highest BCUT2D eigenvalue weighted by molar-refractivity contribution is 7.92. The second kappa shape index (κ2) is 8.40. The Morgan fingerprint density at radius 3 is 2.30 bits per heavy atom. The van der Waals surface area contributed by atoms with E-state index in [1.807, 2.05) is 6.92 Å². The fraction of sp³-hybridized carbons (Fsp3) is 0.409. The lowest BCUT2D eigenvalue weighted by Gasteiger charge is -2.27. The predicted octanol–water partition coefficient (Wildman–Crippen LogP) is 4.80. The molecule has 2 aliphatic carbocycles. The van der Waals surface area contributed by atoms with Crippen LogP contribution in [-0.4, -0.2) is 26.9 Å². The Balaban J connectivity index is 1.63. The van der Waals surface area contributed by atoms with Crippen LogP contribution in [0.4, 0.5) is 5.69 Å². The first kappa shape index (κ1) is 21.5. The Labute approximate surface area is 187 Å². The van der Waals surface area contributed by atoms with Crippen LogP contribution >= 0.6 is 23.2 Å². The fourth-order valence-electron chi connectivity index (χ4n) is 4.64. The molecule has 0 radical (unpaired) electrons. The zero-order chi connectivity index (χ0) is 21.5. The second-order valence-corrected chi connectivity index (χ2v) is 11.0. The van der Waals surface area contributed by atoms with E-state index in [1.165, 1.54) is 36.8 Å². The van der Waals surface area contributed by atoms with Crippen molar-refractivity contribution < 1.29 is 13.2 Å². The van der Waals surface area contributed by atoms with E-state index >= 15 is 0 Å². The maximum absolute atomic E-state index is 13.4. The molecule has 2 saturated carbocycles. The third-order valence-electron chi connectivity index (χ3n) is 6.12. The average molecular weight is 467 g/mol. The highest BCUT2D eigenvalue weighted by Gasteiger charge is 2.40. The van der Waals surface area contributed by atoms with E-state index < -0.39 is 10.0 Å². The van der Waals surface area contributed by atoms with Gasteiger partial charge in [-0.05, 0) is 68.4 Å². The summed E-state index contributed by atoms with van der Waals surface area (Å²) in [6.07, 6.45) is 4.49. The molecule has 4 rings (SSSR count). The number of nitrogens with zero attached hydrogens (tertiary/aromatic N) is 1. The van der Waals surface area contributed by atoms with Gasteiger partial charge in [-0.1, -0.05) is 47.3 Å². The number of carbonyl (C=O) groups is 1. The number of aryl methyl sites for hydroxylation is 1. The molecule has 1 N–H and O–H groups in total. The van der Waals surface area contributed by atoms with Gasteiger partial charge in [0.15, 0.2) is 0 Å². The molecule has 5 nitrogen and oxygen atoms in total. The Hall–Kier alpha value is -1.76. The number of hydrogen-bond donors (Lipinski definition) is 1. The molecule has 30 heavy (non-hydrogen) atoms. The van der Waals surface area contributed by atoms with E-state index in [4.69, 9.17) is 23.2 Å². The molecule has 0 heterocycles. The SMILES string of the molecule is Cc1ccc(S(=O)(=O)N(CC(=O)N[C@@H]2C[C@H]3CC[C@@H]2C3)c2cc(Cl)cc(Cl)c2)cc1. The summed E-state index contributed by atoms with van der Waals surface area (Å²) in [7, 11) is -3.99. The van der Waals surface area contributed by atoms with Gasteiger partial charge >= 0.3 is 0 Å². The number of benzene rings is 2. The number of anilines is 1. The summed E-state index contributed by atoms with van der Waals surface area (Å²) >= 11 is 12.2. The second-order valence-electron chi connectivity index (χ2n) is 8.30. The maximum atomic E-state index is 13.4. The minimum absolute atomic E-state index is 0.108. The minimum Gasteiger partial charge on any atom is -0.352 e. The van der Waals surface area contributed by atoms with Crippen molar-refractivity contribution in [1.82, 2.24) is 5.32 Å². The summed E-state index contributed by atoms with van der Waals surface area (Å²) in [6.45, 7) is 1.55. The molecule has 3 atom stereocenters. The molecule has 160 valence electrons. The lowest BCUT2D eigenvalue weighted by molar-refractivity contribution is -0.120. The first-order valence-electron chi connectivity index (χ1n) is 10.1. The van der Waals surface area contributed by atoms with Gasteiger partial charge in [0.1, 0.15) is 6.54 Å². The van der Waals surface area contributed by atoms with Crippen molar-refractivity contribution in [3.05, 3.63) is 58.1 Å². The number of carbonyl (C=O) groups excluding carboxylic acids is 1. The van der Waals surface area contributed by atoms with Crippen LogP contribution in [-0.2, 0) is 14.8 Å². The Morgan fingerprint density at radius 2 is 1.73 bits per heavy atom. The van der Waals surface area contributed by atoms with Crippen molar-refractivity contribution in [3.8, 4) is 0 Å². The van der Waals surface area contributed by atoms with Crippen LogP contribution in [0.25, 0.3) is 0 Å². The number of amides is 1. The van der Waals surface area contributed by atoms with Crippen molar-refractivity contribution in [3.63, 3.8) is 0 Å². The largest absolute Gasteiger partial charge is 0.352 e. The number of halogens is 2. The van der Waals surface area contributed by atoms with Gasteiger partial charge in [-0.2, -0.15) is 0 Å². The third-order valence-corrected chi connectivity index (χ3v) is 8.34. The molecule has 2 aliphatic rings. The van der Waals surface area contributed by atoms with E-state index in [0.717, 1.165) is 29.1 Å². The Bertz CT molecular complexity index is 1040. The normalized spacial score (nSPS) is 22.8. The molecule has 0 unspecified atom stereocenters. The molecule has 0 aliphatic heterocycles. The number of nitrogens with one attached hydrogen (secondary N) is 1. The Kier molecular flexibility index (Phi) is 6.02. The first-order chi connectivity index (χ1) is 14.2. The van der Waals surface area contributed by atoms with Crippen molar-refractivity contribution >= 4 is 44.8 Å². The van der Waals surface area contributed by atoms with E-state index in [-0.39, 0.29) is 29.1 Å². The summed E-state index contributed by atoms with van der Waals surface area (Å²) < 4.78 is 27.9. The van der Waals surface area contributed by atoms with Gasteiger partial charge in [-0.25, -0.2) is 8.42 Å². The van der Waals surface area contributed by atoms with E-state index in [9.17, 15) is 13.2 Å². The van der Waals surface area contributed by atoms with Gasteiger partial charge in [-0.3, -0.25) is 9.10 Å². The summed E-state index contributed by atoms with van der Waals surface area (Å²) in [5.41, 5.74) is 1.21. The van der Waals surface area contributed by atoms with Gasteiger partial charge < -0.3 is 5.32 Å². The number of sulfonamides is 1. The standard InChI is InChI=1S/C22H24Cl2N2O3S/c1-14-2-6-20(7-3-14)30(28,29)26(19-11-17(23)10-18(24)12-19)13-22(27)25-21-9-15-4-5-16(21)8-15/h2-3,6-7,10-12,15-16,21H,4-5,8-9,13H2,1H3,(H,25,27)/t15-,16+,21+/m0/s1. The summed E-state index contributed by atoms with van der Waals surface area (Å²) in [5, 5.41) is 3.66. The lowest BCUT2D eigenvalue weighted by Crippen LogP contribution is -2.46. The molecular weight excluding hydrogens is 443 g/mol. The molecule has 2 aromatic carbocycles. The van der Waals surface area contributed by atoms with E-state index in [1.54, 1.807) is 12.1 Å².